The van der Waals surface area contributed by atoms with Gasteiger partial charge in [-0.25, -0.2) is 29.9 Å². The monoisotopic (exact) mass is 1190 g/mol. The maximum atomic E-state index is 5.04. The van der Waals surface area contributed by atoms with Crippen molar-refractivity contribution < 1.29 is 0 Å². The lowest BCUT2D eigenvalue weighted by atomic mass is 9.99. The first-order valence-corrected chi connectivity index (χ1v) is 31.4. The zero-order valence-electron chi connectivity index (χ0n) is 53.2. The Morgan fingerprint density at radius 3 is 0.543 bits per heavy atom. The summed E-state index contributed by atoms with van der Waals surface area (Å²) >= 11 is 0. The smallest absolute Gasteiger partial charge is 0.164 e. The standard InChI is InChI=1S/C44H37N3.C42H33N3/c1-28-9-11-33(12-10-28)38-7-6-8-39(27-38)44-46-42(36-17-13-34(14-18-36)40-23-29(2)21-30(3)24-40)45-43(47-44)37-19-15-35(16-20-37)41-25-31(4)22-32(5)26-41;1-28-7-13-31(14-8-28)33-19-23-36(24-20-33)40-43-41(37-25-21-34(22-26-37)32-15-9-29(2)10-16-32)45-42(44-40)39-6-4-5-38(27-39)35-17-11-30(3)12-18-35/h6-27H,1-5H3;4-27H,1-3H3. The van der Waals surface area contributed by atoms with Gasteiger partial charge in [-0.15, -0.1) is 0 Å². The molecule has 92 heavy (non-hydrogen) atoms. The Morgan fingerprint density at radius 2 is 0.304 bits per heavy atom. The second-order valence-electron chi connectivity index (χ2n) is 24.3. The SMILES string of the molecule is Cc1ccc(-c2ccc(-c3nc(-c4ccc(-c5ccc(C)cc5)cc4)nc(-c4cccc(-c5ccc(C)cc5)c4)n3)cc2)cc1.Cc1ccc(-c2cccc(-c3nc(-c4ccc(-c5cc(C)cc(C)c5)cc4)nc(-c4ccc(-c5cc(C)cc(C)c5)cc4)n3)c2)cc1. The number of aromatic nitrogens is 6. The van der Waals surface area contributed by atoms with Gasteiger partial charge in [0.05, 0.1) is 0 Å². The molecule has 0 spiro atoms. The van der Waals surface area contributed by atoms with Gasteiger partial charge in [0.15, 0.2) is 34.9 Å². The maximum absolute atomic E-state index is 5.04. The first-order chi connectivity index (χ1) is 44.7. The first kappa shape index (κ1) is 59.6. The number of hydrogen-bond donors (Lipinski definition) is 0. The van der Waals surface area contributed by atoms with E-state index in [4.69, 9.17) is 29.9 Å². The van der Waals surface area contributed by atoms with Crippen LogP contribution in [0.5, 0.6) is 0 Å². The zero-order valence-corrected chi connectivity index (χ0v) is 53.2. The fourth-order valence-electron chi connectivity index (χ4n) is 11.7. The third-order valence-electron chi connectivity index (χ3n) is 16.7. The molecule has 0 aliphatic heterocycles. The van der Waals surface area contributed by atoms with E-state index in [1.54, 1.807) is 0 Å². The maximum Gasteiger partial charge on any atom is 0.164 e. The van der Waals surface area contributed by atoms with Crippen LogP contribution in [0.15, 0.2) is 279 Å². The van der Waals surface area contributed by atoms with Crippen LogP contribution < -0.4 is 0 Å². The highest BCUT2D eigenvalue weighted by atomic mass is 15.0. The molecule has 444 valence electrons. The van der Waals surface area contributed by atoms with E-state index in [2.05, 4.69) is 334 Å². The normalized spacial score (nSPS) is 11.0. The van der Waals surface area contributed by atoms with Crippen molar-refractivity contribution in [1.82, 2.24) is 29.9 Å². The highest BCUT2D eigenvalue weighted by Crippen LogP contribution is 2.35. The molecule has 0 atom stereocenters. The van der Waals surface area contributed by atoms with Gasteiger partial charge in [-0.05, 0) is 134 Å². The predicted molar refractivity (Wildman–Crippen MR) is 383 cm³/mol. The van der Waals surface area contributed by atoms with Gasteiger partial charge in [0.1, 0.15) is 0 Å². The molecule has 6 nitrogen and oxygen atoms in total. The van der Waals surface area contributed by atoms with Gasteiger partial charge in [-0.2, -0.15) is 0 Å². The van der Waals surface area contributed by atoms with E-state index in [0.717, 1.165) is 66.8 Å². The van der Waals surface area contributed by atoms with Crippen LogP contribution in [0.1, 0.15) is 44.5 Å². The van der Waals surface area contributed by atoms with Gasteiger partial charge in [0, 0.05) is 33.4 Å². The Bertz CT molecular complexity index is 4660. The second-order valence-corrected chi connectivity index (χ2v) is 24.3. The second kappa shape index (κ2) is 26.4. The average Bonchev–Trinajstić information content (AvgIpc) is 0.936. The van der Waals surface area contributed by atoms with Gasteiger partial charge in [0.25, 0.3) is 0 Å². The summed E-state index contributed by atoms with van der Waals surface area (Å²) in [5.41, 5.74) is 29.7. The van der Waals surface area contributed by atoms with Crippen molar-refractivity contribution in [3.05, 3.63) is 324 Å². The topological polar surface area (TPSA) is 77.3 Å². The van der Waals surface area contributed by atoms with Gasteiger partial charge in [0.2, 0.25) is 0 Å². The lowest BCUT2D eigenvalue weighted by Crippen LogP contribution is -2.00. The van der Waals surface area contributed by atoms with E-state index < -0.39 is 0 Å². The van der Waals surface area contributed by atoms with E-state index >= 15 is 0 Å². The Hall–Kier alpha value is -11.3. The van der Waals surface area contributed by atoms with Crippen LogP contribution in [0.3, 0.4) is 0 Å². The Balaban J connectivity index is 0.000000168. The molecule has 0 N–H and O–H groups in total. The summed E-state index contributed by atoms with van der Waals surface area (Å²) in [6.45, 7) is 17.0. The fourth-order valence-corrected chi connectivity index (χ4v) is 11.7. The summed E-state index contributed by atoms with van der Waals surface area (Å²) in [6.07, 6.45) is 0. The fraction of sp³-hybridized carbons (Fsp3) is 0.0930. The van der Waals surface area contributed by atoms with Crippen molar-refractivity contribution in [2.75, 3.05) is 0 Å². The number of nitrogens with zero attached hydrogens (tertiary/aromatic N) is 6. The molecular formula is C86H70N6. The lowest BCUT2D eigenvalue weighted by molar-refractivity contribution is 1.07. The quantitative estimate of drug-likeness (QED) is 0.121. The third kappa shape index (κ3) is 13.9. The Kier molecular flexibility index (Phi) is 17.1. The molecule has 2 heterocycles. The van der Waals surface area contributed by atoms with E-state index in [-0.39, 0.29) is 0 Å². The molecule has 0 unspecified atom stereocenters. The van der Waals surface area contributed by atoms with Crippen LogP contribution >= 0.6 is 0 Å². The summed E-state index contributed by atoms with van der Waals surface area (Å²) in [5, 5.41) is 0. The third-order valence-corrected chi connectivity index (χ3v) is 16.7. The highest BCUT2D eigenvalue weighted by Gasteiger charge is 2.17. The molecule has 0 amide bonds. The van der Waals surface area contributed by atoms with Crippen LogP contribution in [0, 0.1) is 55.4 Å². The number of benzene rings is 12. The number of aryl methyl sites for hydroxylation is 8. The minimum atomic E-state index is 0.647. The van der Waals surface area contributed by atoms with E-state index in [1.165, 1.54) is 77.9 Å². The van der Waals surface area contributed by atoms with Gasteiger partial charge < -0.3 is 0 Å². The van der Waals surface area contributed by atoms with Gasteiger partial charge in [-0.3, -0.25) is 0 Å². The molecule has 14 aromatic rings. The van der Waals surface area contributed by atoms with E-state index in [0.29, 0.717) is 34.9 Å². The molecule has 6 heteroatoms. The van der Waals surface area contributed by atoms with Crippen molar-refractivity contribution >= 4 is 0 Å². The lowest BCUT2D eigenvalue weighted by Gasteiger charge is -2.11. The minimum Gasteiger partial charge on any atom is -0.208 e. The molecule has 0 saturated carbocycles. The van der Waals surface area contributed by atoms with Crippen molar-refractivity contribution in [1.29, 1.82) is 0 Å². The van der Waals surface area contributed by atoms with Crippen molar-refractivity contribution in [2.24, 2.45) is 0 Å². The van der Waals surface area contributed by atoms with Crippen LogP contribution in [-0.2, 0) is 0 Å². The molecular weight excluding hydrogens is 1120 g/mol. The average molecular weight is 1190 g/mol. The summed E-state index contributed by atoms with van der Waals surface area (Å²) in [4.78, 5) is 30.1. The molecule has 0 aliphatic rings. The van der Waals surface area contributed by atoms with Crippen molar-refractivity contribution in [3.63, 3.8) is 0 Å². The number of hydrogen-bond acceptors (Lipinski definition) is 6. The Labute approximate surface area is 540 Å². The summed E-state index contributed by atoms with van der Waals surface area (Å²) in [6, 6.07) is 98.6. The molecule has 0 aliphatic carbocycles. The highest BCUT2D eigenvalue weighted by molar-refractivity contribution is 5.78. The van der Waals surface area contributed by atoms with Crippen LogP contribution in [0.2, 0.25) is 0 Å². The molecule has 0 saturated heterocycles. The van der Waals surface area contributed by atoms with E-state index in [1.807, 2.05) is 0 Å². The summed E-state index contributed by atoms with van der Waals surface area (Å²) < 4.78 is 0. The molecule has 14 rings (SSSR count). The van der Waals surface area contributed by atoms with Crippen LogP contribution in [0.25, 0.3) is 135 Å². The van der Waals surface area contributed by atoms with E-state index in [9.17, 15) is 0 Å². The first-order valence-electron chi connectivity index (χ1n) is 31.4. The molecule has 2 aromatic heterocycles. The Morgan fingerprint density at radius 1 is 0.130 bits per heavy atom. The minimum absolute atomic E-state index is 0.647. The van der Waals surface area contributed by atoms with Gasteiger partial charge >= 0.3 is 0 Å². The van der Waals surface area contributed by atoms with Crippen LogP contribution in [-0.4, -0.2) is 29.9 Å². The zero-order chi connectivity index (χ0) is 63.2. The molecule has 12 aromatic carbocycles. The predicted octanol–water partition coefficient (Wildman–Crippen LogP) is 22.2. The van der Waals surface area contributed by atoms with Crippen molar-refractivity contribution in [2.45, 2.75) is 55.4 Å². The molecule has 0 radical (unpaired) electrons. The van der Waals surface area contributed by atoms with Crippen molar-refractivity contribution in [3.8, 4) is 135 Å². The van der Waals surface area contributed by atoms with Crippen LogP contribution in [0.4, 0.5) is 0 Å². The molecule has 0 bridgehead atoms. The number of rotatable bonds is 12. The van der Waals surface area contributed by atoms with Gasteiger partial charge in [-0.1, -0.05) is 311 Å². The summed E-state index contributed by atoms with van der Waals surface area (Å²) in [7, 11) is 0. The molecule has 0 fully saturated rings. The largest absolute Gasteiger partial charge is 0.208 e. The summed E-state index contributed by atoms with van der Waals surface area (Å²) in [5.74, 6) is 3.89.